The number of nitrogens with one attached hydrogen (secondary N) is 1. The van der Waals surface area contributed by atoms with Crippen molar-refractivity contribution in [3.05, 3.63) is 0 Å². The Morgan fingerprint density at radius 3 is 2.24 bits per heavy atom. The molecule has 0 aliphatic heterocycles. The van der Waals surface area contributed by atoms with Crippen LogP contribution in [0.2, 0.25) is 0 Å². The summed E-state index contributed by atoms with van der Waals surface area (Å²) in [5.41, 5.74) is 0. The lowest BCUT2D eigenvalue weighted by atomic mass is 10.0. The number of unbranched alkanes of at least 4 members (excludes halogenated alkanes) is 1. The van der Waals surface area contributed by atoms with Crippen LogP contribution in [0.3, 0.4) is 0 Å². The van der Waals surface area contributed by atoms with Crippen LogP contribution in [0.5, 0.6) is 0 Å². The molecule has 5 atom stereocenters. The standard InChI is InChI=1S/C17H35NO10S/c1-3-5-7-12(4-2)10-27-9-6-8-18-17(23)16(22)15(21)14(20)13(19)11-28-29(24,25)26/h12-16,19-22H,3-11H2,1-2H3,(H,18,23)(H,24,25,26)/t12?,13-,14-,15+,16-/m1/s1. The molecule has 29 heavy (non-hydrogen) atoms. The molecule has 0 aromatic heterocycles. The first-order valence-electron chi connectivity index (χ1n) is 9.72. The zero-order chi connectivity index (χ0) is 22.4. The molecule has 0 saturated carbocycles. The van der Waals surface area contributed by atoms with Crippen molar-refractivity contribution < 1.29 is 47.1 Å². The second kappa shape index (κ2) is 15.0. The molecule has 6 N–H and O–H groups in total. The van der Waals surface area contributed by atoms with Crippen LogP contribution in [0.15, 0.2) is 0 Å². The van der Waals surface area contributed by atoms with E-state index in [0.29, 0.717) is 25.6 Å². The van der Waals surface area contributed by atoms with Crippen molar-refractivity contribution in [2.75, 3.05) is 26.4 Å². The quantitative estimate of drug-likeness (QED) is 0.120. The fourth-order valence-corrected chi connectivity index (χ4v) is 2.77. The molecular formula is C17H35NO10S. The van der Waals surface area contributed by atoms with Crippen molar-refractivity contribution in [2.45, 2.75) is 70.4 Å². The normalized spacial score (nSPS) is 17.3. The Morgan fingerprint density at radius 1 is 1.03 bits per heavy atom. The van der Waals surface area contributed by atoms with Gasteiger partial charge in [0.05, 0.1) is 6.61 Å². The highest BCUT2D eigenvalue weighted by Gasteiger charge is 2.34. The van der Waals surface area contributed by atoms with E-state index in [1.165, 1.54) is 0 Å². The minimum absolute atomic E-state index is 0.166. The van der Waals surface area contributed by atoms with Gasteiger partial charge >= 0.3 is 10.4 Å². The number of rotatable bonds is 17. The largest absolute Gasteiger partial charge is 0.397 e. The van der Waals surface area contributed by atoms with Gasteiger partial charge in [0.25, 0.3) is 5.91 Å². The Balaban J connectivity index is 4.13. The predicted octanol–water partition coefficient (Wildman–Crippen LogP) is -1.01. The Bertz CT molecular complexity index is 544. The Labute approximate surface area is 172 Å². The van der Waals surface area contributed by atoms with Gasteiger partial charge in [0.15, 0.2) is 6.10 Å². The monoisotopic (exact) mass is 445 g/mol. The number of hydrogen-bond donors (Lipinski definition) is 6. The van der Waals surface area contributed by atoms with Crippen LogP contribution in [0.1, 0.15) is 46.0 Å². The summed E-state index contributed by atoms with van der Waals surface area (Å²) in [5, 5.41) is 41.0. The van der Waals surface area contributed by atoms with E-state index in [1.807, 2.05) is 0 Å². The van der Waals surface area contributed by atoms with Gasteiger partial charge in [-0.2, -0.15) is 8.42 Å². The SMILES string of the molecule is CCCCC(CC)COCCCNC(=O)[C@H](O)[C@@H](O)[C@H](O)[C@H](O)COS(=O)(=O)O. The average Bonchev–Trinajstić information content (AvgIpc) is 2.68. The van der Waals surface area contributed by atoms with Crippen LogP contribution < -0.4 is 5.32 Å². The third kappa shape index (κ3) is 13.1. The maximum Gasteiger partial charge on any atom is 0.397 e. The summed E-state index contributed by atoms with van der Waals surface area (Å²) >= 11 is 0. The summed E-state index contributed by atoms with van der Waals surface area (Å²) < 4.78 is 38.7. The van der Waals surface area contributed by atoms with Gasteiger partial charge in [-0.25, -0.2) is 4.18 Å². The number of hydrogen-bond acceptors (Lipinski definition) is 9. The highest BCUT2D eigenvalue weighted by molar-refractivity contribution is 7.80. The first kappa shape index (κ1) is 28.1. The Kier molecular flexibility index (Phi) is 14.6. The summed E-state index contributed by atoms with van der Waals surface area (Å²) in [4.78, 5) is 11.8. The van der Waals surface area contributed by atoms with E-state index >= 15 is 0 Å². The van der Waals surface area contributed by atoms with Gasteiger partial charge in [0.2, 0.25) is 0 Å². The van der Waals surface area contributed by atoms with Gasteiger partial charge < -0.3 is 30.5 Å². The molecule has 174 valence electrons. The molecule has 0 spiro atoms. The first-order valence-corrected chi connectivity index (χ1v) is 11.1. The smallest absolute Gasteiger partial charge is 0.388 e. The zero-order valence-corrected chi connectivity index (χ0v) is 17.8. The molecule has 0 rings (SSSR count). The maximum atomic E-state index is 11.8. The lowest BCUT2D eigenvalue weighted by molar-refractivity contribution is -0.148. The highest BCUT2D eigenvalue weighted by Crippen LogP contribution is 2.12. The predicted molar refractivity (Wildman–Crippen MR) is 103 cm³/mol. The molecular weight excluding hydrogens is 410 g/mol. The average molecular weight is 446 g/mol. The van der Waals surface area contributed by atoms with Crippen molar-refractivity contribution >= 4 is 16.3 Å². The van der Waals surface area contributed by atoms with Crippen LogP contribution in [0.4, 0.5) is 0 Å². The molecule has 0 saturated heterocycles. The molecule has 0 aromatic carbocycles. The van der Waals surface area contributed by atoms with Crippen LogP contribution in [-0.2, 0) is 24.1 Å². The summed E-state index contributed by atoms with van der Waals surface area (Å²) in [6.07, 6.45) is -3.32. The van der Waals surface area contributed by atoms with E-state index in [-0.39, 0.29) is 6.54 Å². The molecule has 1 unspecified atom stereocenters. The molecule has 1 amide bonds. The molecule has 0 bridgehead atoms. The number of carbonyl (C=O) groups is 1. The number of aliphatic hydroxyl groups is 4. The molecule has 0 radical (unpaired) electrons. The summed E-state index contributed by atoms with van der Waals surface area (Å²) in [7, 11) is -4.85. The van der Waals surface area contributed by atoms with Crippen LogP contribution >= 0.6 is 0 Å². The van der Waals surface area contributed by atoms with E-state index < -0.39 is 47.3 Å². The Hall–Kier alpha value is -0.860. The van der Waals surface area contributed by atoms with Gasteiger partial charge in [-0.3, -0.25) is 9.35 Å². The lowest BCUT2D eigenvalue weighted by Gasteiger charge is -2.25. The molecule has 0 heterocycles. The fraction of sp³-hybridized carbons (Fsp3) is 0.941. The zero-order valence-electron chi connectivity index (χ0n) is 16.9. The van der Waals surface area contributed by atoms with Crippen LogP contribution in [0, 0.1) is 5.92 Å². The van der Waals surface area contributed by atoms with Crippen molar-refractivity contribution in [3.63, 3.8) is 0 Å². The van der Waals surface area contributed by atoms with Gasteiger partial charge in [-0.1, -0.05) is 33.1 Å². The topological polar surface area (TPSA) is 183 Å². The number of carbonyl (C=O) groups excluding carboxylic acids is 1. The van der Waals surface area contributed by atoms with Gasteiger partial charge in [0.1, 0.15) is 18.3 Å². The second-order valence-electron chi connectivity index (χ2n) is 6.84. The van der Waals surface area contributed by atoms with Crippen molar-refractivity contribution in [1.82, 2.24) is 5.32 Å². The number of ether oxygens (including phenoxy) is 1. The van der Waals surface area contributed by atoms with Gasteiger partial charge in [0, 0.05) is 19.8 Å². The lowest BCUT2D eigenvalue weighted by Crippen LogP contribution is -2.52. The molecule has 0 aliphatic carbocycles. The molecule has 11 nitrogen and oxygen atoms in total. The van der Waals surface area contributed by atoms with E-state index in [4.69, 9.17) is 9.29 Å². The minimum Gasteiger partial charge on any atom is -0.388 e. The summed E-state index contributed by atoms with van der Waals surface area (Å²) in [6.45, 7) is 4.39. The maximum absolute atomic E-state index is 11.8. The molecule has 0 aliphatic rings. The molecule has 0 fully saturated rings. The summed E-state index contributed by atoms with van der Waals surface area (Å²) in [5.74, 6) is -0.479. The van der Waals surface area contributed by atoms with Crippen LogP contribution in [-0.4, -0.2) is 90.1 Å². The van der Waals surface area contributed by atoms with E-state index in [2.05, 4.69) is 23.3 Å². The third-order valence-corrected chi connectivity index (χ3v) is 4.82. The van der Waals surface area contributed by atoms with Gasteiger partial charge in [-0.05, 0) is 18.8 Å². The first-order chi connectivity index (χ1) is 13.5. The number of amides is 1. The van der Waals surface area contributed by atoms with Crippen molar-refractivity contribution in [1.29, 1.82) is 0 Å². The minimum atomic E-state index is -4.85. The second-order valence-corrected chi connectivity index (χ2v) is 7.93. The fourth-order valence-electron chi connectivity index (χ4n) is 2.46. The Morgan fingerprint density at radius 2 is 1.69 bits per heavy atom. The highest BCUT2D eigenvalue weighted by atomic mass is 32.3. The molecule has 12 heteroatoms. The third-order valence-electron chi connectivity index (χ3n) is 4.39. The van der Waals surface area contributed by atoms with E-state index in [1.54, 1.807) is 0 Å². The summed E-state index contributed by atoms with van der Waals surface area (Å²) in [6, 6.07) is 0. The van der Waals surface area contributed by atoms with Crippen LogP contribution in [0.25, 0.3) is 0 Å². The van der Waals surface area contributed by atoms with Crippen molar-refractivity contribution in [2.24, 2.45) is 5.92 Å². The van der Waals surface area contributed by atoms with Gasteiger partial charge in [-0.15, -0.1) is 0 Å². The van der Waals surface area contributed by atoms with Crippen molar-refractivity contribution in [3.8, 4) is 0 Å². The molecule has 0 aromatic rings. The van der Waals surface area contributed by atoms with E-state index in [0.717, 1.165) is 25.7 Å². The number of aliphatic hydroxyl groups excluding tert-OH is 4. The van der Waals surface area contributed by atoms with E-state index in [9.17, 15) is 33.6 Å².